The summed E-state index contributed by atoms with van der Waals surface area (Å²) in [7, 11) is 0. The summed E-state index contributed by atoms with van der Waals surface area (Å²) in [5.74, 6) is 14.6. The van der Waals surface area contributed by atoms with Crippen LogP contribution in [0.5, 0.6) is 0 Å². The predicted molar refractivity (Wildman–Crippen MR) is 177 cm³/mol. The normalized spacial score (nSPS) is 24.1. The van der Waals surface area contributed by atoms with Crippen molar-refractivity contribution in [3.8, 4) is 23.7 Å². The Labute approximate surface area is 272 Å². The van der Waals surface area contributed by atoms with Gasteiger partial charge < -0.3 is 10.2 Å². The smallest absolute Gasteiger partial charge is 0.207 e. The fourth-order valence-electron chi connectivity index (χ4n) is 5.77. The standard InChI is InChI=1S/C18H14N4.C12H12N2.C6H3BrN2/c1-19-16-8-17(11-20-10-16)22-12-14-9-18(14,13-22)6-5-15-4-2-3-7-21-15;1-2-6-14-11(3-1)4-5-12-7-10(12)8-13-9-12;1-8-6-2-5(7)3-9-4-6/h2-4,7-8,10-11,14H,9,12-13H2;1-3,6,10,13H,7-9H2;2-4H. The number of aromatic nitrogens is 4. The second-order valence-electron chi connectivity index (χ2n) is 11.5. The molecule has 4 aliphatic rings. The van der Waals surface area contributed by atoms with E-state index in [1.807, 2.05) is 48.7 Å². The molecule has 2 aliphatic carbocycles. The van der Waals surface area contributed by atoms with E-state index in [1.54, 1.807) is 30.9 Å². The van der Waals surface area contributed by atoms with Crippen LogP contribution in [0, 0.1) is 59.5 Å². The monoisotopic (exact) mass is 652 g/mol. The zero-order valence-corrected chi connectivity index (χ0v) is 26.1. The Bertz CT molecular complexity index is 1880. The molecule has 1 N–H and O–H groups in total. The number of hydrogen-bond donors (Lipinski definition) is 1. The van der Waals surface area contributed by atoms with E-state index in [0.717, 1.165) is 53.6 Å². The van der Waals surface area contributed by atoms with E-state index in [1.165, 1.54) is 19.0 Å². The van der Waals surface area contributed by atoms with E-state index in [0.29, 0.717) is 22.7 Å². The van der Waals surface area contributed by atoms with Crippen molar-refractivity contribution < 1.29 is 0 Å². The molecule has 220 valence electrons. The minimum atomic E-state index is 0.103. The van der Waals surface area contributed by atoms with E-state index in [9.17, 15) is 0 Å². The van der Waals surface area contributed by atoms with Gasteiger partial charge in [-0.2, -0.15) is 0 Å². The lowest BCUT2D eigenvalue weighted by molar-refractivity contribution is 0.666. The number of piperidine rings is 2. The molecule has 2 saturated heterocycles. The van der Waals surface area contributed by atoms with Gasteiger partial charge in [0.05, 0.1) is 18.6 Å². The highest BCUT2D eigenvalue weighted by atomic mass is 79.9. The predicted octanol–water partition coefficient (Wildman–Crippen LogP) is 6.34. The highest BCUT2D eigenvalue weighted by Gasteiger charge is 2.59. The Morgan fingerprint density at radius 1 is 0.822 bits per heavy atom. The number of anilines is 1. The number of hydrogen-bond acceptors (Lipinski definition) is 6. The molecule has 4 unspecified atom stereocenters. The molecule has 2 aliphatic heterocycles. The first-order chi connectivity index (χ1) is 22.0. The summed E-state index contributed by atoms with van der Waals surface area (Å²) in [5.41, 5.74) is 4.30. The highest BCUT2D eigenvalue weighted by Crippen LogP contribution is 2.58. The van der Waals surface area contributed by atoms with Crippen LogP contribution in [-0.2, 0) is 0 Å². The quantitative estimate of drug-likeness (QED) is 0.191. The lowest BCUT2D eigenvalue weighted by Gasteiger charge is -2.21. The van der Waals surface area contributed by atoms with Crippen LogP contribution in [0.25, 0.3) is 9.69 Å². The summed E-state index contributed by atoms with van der Waals surface area (Å²) >= 11 is 3.20. The zero-order valence-electron chi connectivity index (χ0n) is 24.5. The summed E-state index contributed by atoms with van der Waals surface area (Å²) in [6, 6.07) is 15.3. The molecule has 45 heavy (non-hydrogen) atoms. The molecule has 8 rings (SSSR count). The first-order valence-corrected chi connectivity index (χ1v) is 15.4. The molecule has 4 fully saturated rings. The van der Waals surface area contributed by atoms with Crippen molar-refractivity contribution in [1.82, 2.24) is 25.3 Å². The SMILES string of the molecule is C(#CC12CNCC1C2)c1ccccn1.[C-]#[N+]c1cncc(Br)c1.[C-]#[N+]c1cncc(N2CC3CC3(C#Cc3ccccn3)C2)c1. The molecule has 9 heteroatoms. The summed E-state index contributed by atoms with van der Waals surface area (Å²) < 4.78 is 0.844. The van der Waals surface area contributed by atoms with Crippen molar-refractivity contribution >= 4 is 33.0 Å². The van der Waals surface area contributed by atoms with Gasteiger partial charge in [-0.15, -0.1) is 0 Å². The van der Waals surface area contributed by atoms with Gasteiger partial charge in [0.15, 0.2) is 0 Å². The third-order valence-corrected chi connectivity index (χ3v) is 8.87. The van der Waals surface area contributed by atoms with Gasteiger partial charge in [-0.05, 0) is 79.5 Å². The van der Waals surface area contributed by atoms with Crippen LogP contribution in [0.2, 0.25) is 0 Å². The lowest BCUT2D eigenvalue weighted by Crippen LogP contribution is -2.24. The molecule has 0 bridgehead atoms. The molecular weight excluding hydrogens is 624 g/mol. The molecule has 0 amide bonds. The molecule has 6 heterocycles. The van der Waals surface area contributed by atoms with Crippen LogP contribution in [0.1, 0.15) is 24.2 Å². The summed E-state index contributed by atoms with van der Waals surface area (Å²) in [6.45, 7) is 17.8. The van der Waals surface area contributed by atoms with Crippen LogP contribution >= 0.6 is 15.9 Å². The Kier molecular flexibility index (Phi) is 8.86. The second-order valence-corrected chi connectivity index (χ2v) is 12.5. The Balaban J connectivity index is 0.000000132. The van der Waals surface area contributed by atoms with Gasteiger partial charge in [-0.1, -0.05) is 39.9 Å². The van der Waals surface area contributed by atoms with Gasteiger partial charge in [0.1, 0.15) is 11.4 Å². The molecule has 4 atom stereocenters. The van der Waals surface area contributed by atoms with Crippen molar-refractivity contribution in [2.45, 2.75) is 12.8 Å². The molecule has 0 aromatic carbocycles. The first kappa shape index (κ1) is 30.0. The van der Waals surface area contributed by atoms with Gasteiger partial charge >= 0.3 is 0 Å². The molecule has 0 radical (unpaired) electrons. The van der Waals surface area contributed by atoms with Crippen LogP contribution < -0.4 is 10.2 Å². The van der Waals surface area contributed by atoms with E-state index < -0.39 is 0 Å². The first-order valence-electron chi connectivity index (χ1n) is 14.7. The van der Waals surface area contributed by atoms with Crippen molar-refractivity contribution in [3.05, 3.63) is 124 Å². The maximum absolute atomic E-state index is 7.10. The summed E-state index contributed by atoms with van der Waals surface area (Å²) in [4.78, 5) is 25.3. The van der Waals surface area contributed by atoms with Crippen molar-refractivity contribution in [2.75, 3.05) is 31.1 Å². The topological polar surface area (TPSA) is 75.6 Å². The minimum absolute atomic E-state index is 0.103. The van der Waals surface area contributed by atoms with E-state index >= 15 is 0 Å². The fourth-order valence-corrected chi connectivity index (χ4v) is 6.12. The number of nitrogens with one attached hydrogen (secondary N) is 1. The van der Waals surface area contributed by atoms with Crippen molar-refractivity contribution in [3.63, 3.8) is 0 Å². The van der Waals surface area contributed by atoms with Gasteiger partial charge in [0.25, 0.3) is 0 Å². The van der Waals surface area contributed by atoms with Crippen LogP contribution in [-0.4, -0.2) is 46.1 Å². The molecule has 2 saturated carbocycles. The highest BCUT2D eigenvalue weighted by molar-refractivity contribution is 9.10. The van der Waals surface area contributed by atoms with Gasteiger partial charge in [0.2, 0.25) is 11.4 Å². The maximum atomic E-state index is 7.10. The second kappa shape index (κ2) is 13.3. The molecule has 4 aromatic heterocycles. The third kappa shape index (κ3) is 7.36. The van der Waals surface area contributed by atoms with Crippen LogP contribution in [0.4, 0.5) is 17.1 Å². The van der Waals surface area contributed by atoms with Crippen molar-refractivity contribution in [2.24, 2.45) is 22.7 Å². The Hall–Kier alpha value is -5.06. The van der Waals surface area contributed by atoms with Crippen LogP contribution in [0.3, 0.4) is 0 Å². The number of rotatable bonds is 1. The van der Waals surface area contributed by atoms with Crippen molar-refractivity contribution in [1.29, 1.82) is 0 Å². The maximum Gasteiger partial charge on any atom is 0.207 e. The summed E-state index contributed by atoms with van der Waals surface area (Å²) in [5, 5.41) is 3.38. The van der Waals surface area contributed by atoms with Gasteiger partial charge in [-0.25, -0.2) is 19.7 Å². The average Bonchev–Trinajstić information content (AvgIpc) is 3.88. The molecule has 4 aromatic rings. The fraction of sp³-hybridized carbons (Fsp3) is 0.278. The Morgan fingerprint density at radius 3 is 2.02 bits per heavy atom. The van der Waals surface area contributed by atoms with E-state index in [4.69, 9.17) is 13.1 Å². The van der Waals surface area contributed by atoms with Crippen LogP contribution in [0.15, 0.2) is 90.2 Å². The average molecular weight is 654 g/mol. The van der Waals surface area contributed by atoms with Gasteiger partial charge in [-0.3, -0.25) is 9.97 Å². The van der Waals surface area contributed by atoms with E-state index in [-0.39, 0.29) is 5.41 Å². The Morgan fingerprint density at radius 2 is 1.47 bits per heavy atom. The zero-order chi connectivity index (χ0) is 31.1. The van der Waals surface area contributed by atoms with E-state index in [2.05, 4.69) is 79.5 Å². The molecule has 8 nitrogen and oxygen atoms in total. The number of fused-ring (bicyclic) bond motifs is 2. The molecule has 0 spiro atoms. The number of nitrogens with zero attached hydrogens (tertiary/aromatic N) is 7. The van der Waals surface area contributed by atoms with Gasteiger partial charge in [0, 0.05) is 72.4 Å². The minimum Gasteiger partial charge on any atom is -0.369 e. The third-order valence-electron chi connectivity index (χ3n) is 8.44. The lowest BCUT2D eigenvalue weighted by atomic mass is 10.1. The number of pyridine rings is 4. The molecular formula is C36H29BrN8. The number of halogens is 1. The summed E-state index contributed by atoms with van der Waals surface area (Å²) in [6.07, 6.45) is 12.6. The largest absolute Gasteiger partial charge is 0.369 e.